The van der Waals surface area contributed by atoms with Gasteiger partial charge in [0.1, 0.15) is 0 Å². The van der Waals surface area contributed by atoms with E-state index >= 15 is 0 Å². The molecule has 760 valence electrons. The van der Waals surface area contributed by atoms with Crippen molar-refractivity contribution >= 4 is 34.1 Å². The van der Waals surface area contributed by atoms with Gasteiger partial charge >= 0.3 is 0 Å². The van der Waals surface area contributed by atoms with Gasteiger partial charge in [0.2, 0.25) is 0 Å². The number of hydrogen-bond donors (Lipinski definition) is 0. The highest BCUT2D eigenvalue weighted by atomic mass is 15.2. The molecule has 0 heterocycles. The first kappa shape index (κ1) is 106. The fraction of sp³-hybridized carbons (Fsp3) is 0.342. The van der Waals surface area contributed by atoms with Gasteiger partial charge in [0, 0.05) is 44.7 Å². The van der Waals surface area contributed by atoms with Crippen LogP contribution < -0.4 is 9.80 Å². The number of hydrogen-bond acceptors (Lipinski definition) is 2. The molecule has 0 radical (unpaired) electrons. The molecule has 0 fully saturated rings. The quantitative estimate of drug-likeness (QED) is 0.107. The first-order valence-electron chi connectivity index (χ1n) is 54.5. The fourth-order valence-electron chi connectivity index (χ4n) is 21.7. The van der Waals surface area contributed by atoms with Crippen LogP contribution in [-0.2, 0) is 70.4 Å². The van der Waals surface area contributed by atoms with Gasteiger partial charge in [-0.25, -0.2) is 0 Å². The van der Waals surface area contributed by atoms with Gasteiger partial charge in [0.25, 0.3) is 0 Å². The second-order valence-corrected chi connectivity index (χ2v) is 55.5. The van der Waals surface area contributed by atoms with E-state index in [-0.39, 0.29) is 70.4 Å². The summed E-state index contributed by atoms with van der Waals surface area (Å²) in [6, 6.07) is 129. The molecule has 0 unspecified atom stereocenters. The second kappa shape index (κ2) is 38.3. The van der Waals surface area contributed by atoms with Crippen LogP contribution in [0.2, 0.25) is 0 Å². The summed E-state index contributed by atoms with van der Waals surface area (Å²) in [5, 5.41) is 0. The summed E-state index contributed by atoms with van der Waals surface area (Å²) < 4.78 is 0. The molecule has 0 bridgehead atoms. The fourth-order valence-corrected chi connectivity index (χ4v) is 21.7. The summed E-state index contributed by atoms with van der Waals surface area (Å²) in [7, 11) is 0. The average molecular weight is 1950 g/mol. The van der Waals surface area contributed by atoms with Crippen molar-refractivity contribution < 1.29 is 0 Å². The van der Waals surface area contributed by atoms with Crippen LogP contribution >= 0.6 is 0 Å². The molecule has 16 aromatic carbocycles. The molecular formula is C146H166N2. The van der Waals surface area contributed by atoms with Gasteiger partial charge in [0.15, 0.2) is 0 Å². The van der Waals surface area contributed by atoms with Crippen molar-refractivity contribution in [2.45, 2.75) is 327 Å². The van der Waals surface area contributed by atoms with Crippen LogP contribution in [0.25, 0.3) is 111 Å². The Morgan fingerprint density at radius 1 is 0.135 bits per heavy atom. The van der Waals surface area contributed by atoms with Crippen LogP contribution in [0.4, 0.5) is 34.1 Å². The maximum Gasteiger partial charge on any atom is 0.0540 e. The van der Waals surface area contributed by atoms with E-state index in [1.54, 1.807) is 0 Å². The maximum atomic E-state index is 2.53. The Balaban J connectivity index is 0.000000202. The van der Waals surface area contributed by atoms with E-state index < -0.39 is 0 Å². The highest BCUT2D eigenvalue weighted by Crippen LogP contribution is 2.57. The first-order valence-corrected chi connectivity index (χ1v) is 54.5. The van der Waals surface area contributed by atoms with Gasteiger partial charge in [-0.15, -0.1) is 0 Å². The Labute approximate surface area is 892 Å². The van der Waals surface area contributed by atoms with Crippen molar-refractivity contribution in [3.8, 4) is 111 Å². The van der Waals surface area contributed by atoms with Gasteiger partial charge in [-0.1, -0.05) is 505 Å². The molecule has 0 saturated heterocycles. The maximum absolute atomic E-state index is 2.53. The summed E-state index contributed by atoms with van der Waals surface area (Å²) in [5.74, 6) is 0. The zero-order valence-corrected chi connectivity index (χ0v) is 96.6. The zero-order chi connectivity index (χ0) is 107. The number of para-hydroxylation sites is 2. The van der Waals surface area contributed by atoms with E-state index in [1.807, 2.05) is 0 Å². The van der Waals surface area contributed by atoms with Crippen molar-refractivity contribution in [1.82, 2.24) is 0 Å². The molecule has 0 saturated carbocycles. The highest BCUT2D eigenvalue weighted by molar-refractivity contribution is 5.96. The van der Waals surface area contributed by atoms with E-state index in [2.05, 4.69) is 600 Å². The minimum absolute atomic E-state index is 0.0126. The number of anilines is 6. The number of rotatable bonds is 14. The predicted molar refractivity (Wildman–Crippen MR) is 647 cm³/mol. The zero-order valence-electron chi connectivity index (χ0n) is 96.6. The molecule has 0 N–H and O–H groups in total. The molecule has 0 atom stereocenters. The van der Waals surface area contributed by atoms with Crippen molar-refractivity contribution in [2.75, 3.05) is 9.80 Å². The minimum atomic E-state index is -0.157. The van der Waals surface area contributed by atoms with E-state index in [1.165, 1.54) is 195 Å². The lowest BCUT2D eigenvalue weighted by molar-refractivity contribution is 0.568. The Hall–Kier alpha value is -12.9. The molecule has 0 spiro atoms. The third-order valence-corrected chi connectivity index (χ3v) is 31.7. The summed E-state index contributed by atoms with van der Waals surface area (Å²) in [4.78, 5) is 5.04. The lowest BCUT2D eigenvalue weighted by atomic mass is 9.77. The van der Waals surface area contributed by atoms with Crippen LogP contribution in [0.5, 0.6) is 0 Å². The lowest BCUT2D eigenvalue weighted by Gasteiger charge is -2.31. The summed E-state index contributed by atoms with van der Waals surface area (Å²) in [6.07, 6.45) is 0. The van der Waals surface area contributed by atoms with Crippen LogP contribution in [0.3, 0.4) is 0 Å². The molecule has 16 aromatic rings. The average Bonchev–Trinajstić information content (AvgIpc) is 1.58. The second-order valence-electron chi connectivity index (χ2n) is 55.5. The van der Waals surface area contributed by atoms with Gasteiger partial charge < -0.3 is 9.80 Å². The van der Waals surface area contributed by atoms with Gasteiger partial charge in [0.05, 0.1) is 11.4 Å². The lowest BCUT2D eigenvalue weighted by Crippen LogP contribution is -2.17. The van der Waals surface area contributed by atoms with Gasteiger partial charge in [-0.3, -0.25) is 0 Å². The molecule has 0 aliphatic heterocycles. The molecule has 148 heavy (non-hydrogen) atoms. The summed E-state index contributed by atoms with van der Waals surface area (Å²) >= 11 is 0. The molecule has 2 aliphatic carbocycles. The van der Waals surface area contributed by atoms with Crippen LogP contribution in [0.1, 0.15) is 340 Å². The van der Waals surface area contributed by atoms with Crippen LogP contribution in [0.15, 0.2) is 334 Å². The molecule has 2 nitrogen and oxygen atoms in total. The minimum Gasteiger partial charge on any atom is -0.310 e. The van der Waals surface area contributed by atoms with Crippen LogP contribution in [0, 0.1) is 0 Å². The van der Waals surface area contributed by atoms with E-state index in [4.69, 9.17) is 0 Å². The normalized spacial score (nSPS) is 13.8. The van der Waals surface area contributed by atoms with E-state index in [9.17, 15) is 0 Å². The van der Waals surface area contributed by atoms with Crippen molar-refractivity contribution in [2.24, 2.45) is 0 Å². The Morgan fingerprint density at radius 3 is 0.622 bits per heavy atom. The summed E-state index contributed by atoms with van der Waals surface area (Å²) in [6.45, 7) is 86.6. The topological polar surface area (TPSA) is 6.48 Å². The standard InChI is InChI=1S/C75H87N.C71H79N/c1-69(2,3)55-36-49(34-50(37-55)51-35-52(39-56(38-51)70(4,5)6)53-40-57(71(7,8)9)45-58(41-53)72(10,11)12)48-26-25-27-61(44-48)76(62-32-33-65-64-29-21-23-30-66(64)75(19,20)67(65)47-62)68-31-24-22-28-63(68)54-42-59(73(13,14)15)46-60(43-54)74(16,17)18;1-66(2,3)53-26-22-25-47(36-53)60-28-19-21-31-65(60)72(59-32-33-62-61-29-18-20-30-63(61)71(16,17)64(62)45-59)58-27-23-24-46(43-58)48-34-49(38-54(37-48)67(4,5)6)50-35-51(40-55(39-50)68(7,8)9)52-41-56(69(10,11)12)44-57(42-52)70(13,14)15/h21-47H,1-20H3;18-45H,1-17H3. The third kappa shape index (κ3) is 22.0. The Kier molecular flexibility index (Phi) is 27.5. The summed E-state index contributed by atoms with van der Waals surface area (Å²) in [5.41, 5.74) is 51.5. The third-order valence-electron chi connectivity index (χ3n) is 31.7. The van der Waals surface area contributed by atoms with E-state index in [0.717, 1.165) is 34.1 Å². The van der Waals surface area contributed by atoms with Gasteiger partial charge in [-0.05, 0) is 328 Å². The van der Waals surface area contributed by atoms with Crippen molar-refractivity contribution in [3.63, 3.8) is 0 Å². The smallest absolute Gasteiger partial charge is 0.0540 e. The Bertz CT molecular complexity index is 7650. The molecular weight excluding hydrogens is 1780 g/mol. The largest absolute Gasteiger partial charge is 0.310 e. The van der Waals surface area contributed by atoms with Crippen molar-refractivity contribution in [3.05, 3.63) is 417 Å². The molecule has 2 aliphatic rings. The molecule has 2 heteroatoms. The van der Waals surface area contributed by atoms with Crippen LogP contribution in [-0.4, -0.2) is 0 Å². The van der Waals surface area contributed by atoms with E-state index in [0.29, 0.717) is 0 Å². The number of benzene rings is 16. The monoisotopic (exact) mass is 1950 g/mol. The van der Waals surface area contributed by atoms with Gasteiger partial charge in [-0.2, -0.15) is 0 Å². The molecule has 0 amide bonds. The first-order chi connectivity index (χ1) is 68.7. The number of fused-ring (bicyclic) bond motifs is 6. The Morgan fingerprint density at radius 2 is 0.338 bits per heavy atom. The molecule has 18 rings (SSSR count). The predicted octanol–water partition coefficient (Wildman–Crippen LogP) is 42.5. The molecule has 0 aromatic heterocycles. The van der Waals surface area contributed by atoms with Crippen molar-refractivity contribution in [1.29, 1.82) is 0 Å². The highest BCUT2D eigenvalue weighted by Gasteiger charge is 2.40. The SMILES string of the molecule is CC(C)(C)c1cc(-c2cccc(N(c3ccc4c(c3)C(C)(C)c3ccccc3-4)c3ccccc3-c3cc(C(C)(C)C)cc(C(C)(C)C)c3)c2)cc(-c2cc(-c3cc(C(C)(C)C)cc(C(C)(C)C)c3)cc(C(C)(C)C)c2)c1.CC(C)(C)c1cc(-c2cccc(N(c3ccc4c(c3)C(C)(C)c3ccccc3-4)c3ccccc3-c3cccc(C(C)(C)C)c3)c2)cc(-c2cc(-c3cc(C(C)(C)C)cc(C(C)(C)C)c3)cc(C(C)(C)C)c2)c1. The number of nitrogens with zero attached hydrogens (tertiary/aromatic N) is 2.